The summed E-state index contributed by atoms with van der Waals surface area (Å²) >= 11 is 7.44. The molecule has 2 aliphatic carbocycles. The van der Waals surface area contributed by atoms with E-state index in [2.05, 4.69) is 38.8 Å². The second-order valence-corrected chi connectivity index (χ2v) is 6.54. The molecule has 0 bridgehead atoms. The number of aliphatic hydroxyl groups excluding tert-OH is 1. The van der Waals surface area contributed by atoms with Crippen LogP contribution < -0.4 is 0 Å². The molecular weight excluding hydrogens is 332 g/mol. The Labute approximate surface area is 113 Å². The molecular formula is C13H14Br2O. The van der Waals surface area contributed by atoms with Crippen LogP contribution in [-0.2, 0) is 19.3 Å². The molecule has 1 nitrogen and oxygen atoms in total. The number of hydrogen-bond donors (Lipinski definition) is 1. The van der Waals surface area contributed by atoms with E-state index in [0.717, 1.165) is 18.4 Å². The Morgan fingerprint density at radius 1 is 1.06 bits per heavy atom. The SMILES string of the molecule is CC1Cc2c(Br)c3c(c(Br)c2C1O)CCC3. The molecule has 0 saturated heterocycles. The number of hydrogen-bond acceptors (Lipinski definition) is 1. The molecule has 0 radical (unpaired) electrons. The van der Waals surface area contributed by atoms with Crippen molar-refractivity contribution in [1.82, 2.24) is 0 Å². The topological polar surface area (TPSA) is 20.2 Å². The molecule has 2 atom stereocenters. The second kappa shape index (κ2) is 3.82. The average molecular weight is 346 g/mol. The number of benzene rings is 1. The first-order valence-corrected chi connectivity index (χ1v) is 7.39. The summed E-state index contributed by atoms with van der Waals surface area (Å²) in [6.45, 7) is 2.12. The van der Waals surface area contributed by atoms with Crippen LogP contribution in [0.15, 0.2) is 8.95 Å². The smallest absolute Gasteiger partial charge is 0.0832 e. The van der Waals surface area contributed by atoms with Crippen LogP contribution in [0.2, 0.25) is 0 Å². The normalized spacial score (nSPS) is 27.0. The fourth-order valence-electron chi connectivity index (χ4n) is 3.05. The van der Waals surface area contributed by atoms with Crippen LogP contribution in [0.1, 0.15) is 41.7 Å². The van der Waals surface area contributed by atoms with E-state index >= 15 is 0 Å². The van der Waals surface area contributed by atoms with Gasteiger partial charge in [-0.05, 0) is 53.9 Å². The standard InChI is InChI=1S/C13H14Br2O/c1-6-5-9-10(13(6)16)12(15)8-4-2-3-7(8)11(9)14/h6,13,16H,2-5H2,1H3. The first-order valence-electron chi connectivity index (χ1n) is 5.80. The summed E-state index contributed by atoms with van der Waals surface area (Å²) in [4.78, 5) is 0. The van der Waals surface area contributed by atoms with E-state index in [1.54, 1.807) is 0 Å². The number of rotatable bonds is 0. The summed E-state index contributed by atoms with van der Waals surface area (Å²) < 4.78 is 2.44. The van der Waals surface area contributed by atoms with Crippen LogP contribution >= 0.6 is 31.9 Å². The molecule has 0 aromatic heterocycles. The Morgan fingerprint density at radius 3 is 2.38 bits per heavy atom. The van der Waals surface area contributed by atoms with Crippen molar-refractivity contribution in [3.8, 4) is 0 Å². The van der Waals surface area contributed by atoms with Crippen LogP contribution in [0.25, 0.3) is 0 Å². The molecule has 0 amide bonds. The molecule has 0 aliphatic heterocycles. The molecule has 0 heterocycles. The van der Waals surface area contributed by atoms with Gasteiger partial charge in [-0.25, -0.2) is 0 Å². The third-order valence-electron chi connectivity index (χ3n) is 3.94. The molecule has 86 valence electrons. The second-order valence-electron chi connectivity index (χ2n) is 4.96. The zero-order valence-electron chi connectivity index (χ0n) is 9.19. The molecule has 0 saturated carbocycles. The number of fused-ring (bicyclic) bond motifs is 2. The maximum absolute atomic E-state index is 10.2. The highest BCUT2D eigenvalue weighted by Crippen LogP contribution is 2.48. The maximum atomic E-state index is 10.2. The lowest BCUT2D eigenvalue weighted by atomic mass is 10.0. The Balaban J connectivity index is 2.29. The van der Waals surface area contributed by atoms with E-state index in [-0.39, 0.29) is 6.10 Å². The van der Waals surface area contributed by atoms with Crippen molar-refractivity contribution in [2.45, 2.75) is 38.7 Å². The largest absolute Gasteiger partial charge is 0.388 e. The molecule has 1 aromatic rings. The van der Waals surface area contributed by atoms with Gasteiger partial charge in [0.2, 0.25) is 0 Å². The molecule has 2 unspecified atom stereocenters. The molecule has 1 N–H and O–H groups in total. The summed E-state index contributed by atoms with van der Waals surface area (Å²) in [6.07, 6.45) is 4.24. The monoisotopic (exact) mass is 344 g/mol. The van der Waals surface area contributed by atoms with Crippen LogP contribution in [0.3, 0.4) is 0 Å². The van der Waals surface area contributed by atoms with E-state index in [9.17, 15) is 5.11 Å². The van der Waals surface area contributed by atoms with E-state index in [1.165, 1.54) is 38.5 Å². The average Bonchev–Trinajstić information content (AvgIpc) is 2.83. The van der Waals surface area contributed by atoms with Gasteiger partial charge in [-0.2, -0.15) is 0 Å². The van der Waals surface area contributed by atoms with Gasteiger partial charge in [0.15, 0.2) is 0 Å². The highest BCUT2D eigenvalue weighted by atomic mass is 79.9. The van der Waals surface area contributed by atoms with Gasteiger partial charge >= 0.3 is 0 Å². The first kappa shape index (κ1) is 11.2. The highest BCUT2D eigenvalue weighted by Gasteiger charge is 2.35. The summed E-state index contributed by atoms with van der Waals surface area (Å²) in [5.41, 5.74) is 5.35. The Morgan fingerprint density at radius 2 is 1.69 bits per heavy atom. The van der Waals surface area contributed by atoms with E-state index in [1.807, 2.05) is 0 Å². The summed E-state index contributed by atoms with van der Waals surface area (Å²) in [5.74, 6) is 0.338. The maximum Gasteiger partial charge on any atom is 0.0832 e. The van der Waals surface area contributed by atoms with Crippen LogP contribution in [0.5, 0.6) is 0 Å². The molecule has 16 heavy (non-hydrogen) atoms. The minimum atomic E-state index is -0.299. The Kier molecular flexibility index (Phi) is 2.69. The van der Waals surface area contributed by atoms with Crippen molar-refractivity contribution in [2.75, 3.05) is 0 Å². The summed E-state index contributed by atoms with van der Waals surface area (Å²) in [5, 5.41) is 10.2. The molecule has 1 aromatic carbocycles. The lowest BCUT2D eigenvalue weighted by molar-refractivity contribution is 0.132. The van der Waals surface area contributed by atoms with Crippen molar-refractivity contribution in [3.05, 3.63) is 31.2 Å². The lowest BCUT2D eigenvalue weighted by Gasteiger charge is -2.15. The third-order valence-corrected chi connectivity index (χ3v) is 5.80. The van der Waals surface area contributed by atoms with Crippen molar-refractivity contribution in [1.29, 1.82) is 0 Å². The van der Waals surface area contributed by atoms with Gasteiger partial charge in [0.1, 0.15) is 0 Å². The van der Waals surface area contributed by atoms with Crippen molar-refractivity contribution in [3.63, 3.8) is 0 Å². The minimum absolute atomic E-state index is 0.299. The van der Waals surface area contributed by atoms with E-state index in [0.29, 0.717) is 5.92 Å². The van der Waals surface area contributed by atoms with Gasteiger partial charge in [0.05, 0.1) is 6.10 Å². The molecule has 3 heteroatoms. The number of aliphatic hydroxyl groups is 1. The molecule has 0 spiro atoms. The minimum Gasteiger partial charge on any atom is -0.388 e. The third kappa shape index (κ3) is 1.37. The first-order chi connectivity index (χ1) is 7.61. The summed E-state index contributed by atoms with van der Waals surface area (Å²) in [6, 6.07) is 0. The van der Waals surface area contributed by atoms with E-state index in [4.69, 9.17) is 0 Å². The van der Waals surface area contributed by atoms with Crippen LogP contribution in [-0.4, -0.2) is 5.11 Å². The van der Waals surface area contributed by atoms with Crippen LogP contribution in [0.4, 0.5) is 0 Å². The zero-order chi connectivity index (χ0) is 11.4. The van der Waals surface area contributed by atoms with Crippen molar-refractivity contribution < 1.29 is 5.11 Å². The van der Waals surface area contributed by atoms with E-state index < -0.39 is 0 Å². The van der Waals surface area contributed by atoms with Crippen molar-refractivity contribution in [2.24, 2.45) is 5.92 Å². The van der Waals surface area contributed by atoms with Gasteiger partial charge in [0, 0.05) is 8.95 Å². The fraction of sp³-hybridized carbons (Fsp3) is 0.538. The molecule has 3 rings (SSSR count). The van der Waals surface area contributed by atoms with Gasteiger partial charge in [-0.3, -0.25) is 0 Å². The van der Waals surface area contributed by atoms with Gasteiger partial charge in [-0.15, -0.1) is 0 Å². The van der Waals surface area contributed by atoms with Gasteiger partial charge < -0.3 is 5.11 Å². The predicted molar refractivity (Wildman–Crippen MR) is 71.7 cm³/mol. The Bertz CT molecular complexity index is 468. The van der Waals surface area contributed by atoms with Gasteiger partial charge in [0.25, 0.3) is 0 Å². The highest BCUT2D eigenvalue weighted by molar-refractivity contribution is 9.11. The summed E-state index contributed by atoms with van der Waals surface area (Å²) in [7, 11) is 0. The molecule has 2 aliphatic rings. The Hall–Kier alpha value is 0.140. The van der Waals surface area contributed by atoms with Crippen molar-refractivity contribution >= 4 is 31.9 Å². The fourth-order valence-corrected chi connectivity index (χ4v) is 4.77. The number of halogens is 2. The van der Waals surface area contributed by atoms with Crippen LogP contribution in [0, 0.1) is 5.92 Å². The quantitative estimate of drug-likeness (QED) is 0.755. The predicted octanol–water partition coefficient (Wildman–Crippen LogP) is 3.93. The van der Waals surface area contributed by atoms with Gasteiger partial charge in [-0.1, -0.05) is 38.8 Å². The lowest BCUT2D eigenvalue weighted by Crippen LogP contribution is -2.03. The zero-order valence-corrected chi connectivity index (χ0v) is 12.4. The molecule has 0 fully saturated rings.